The first-order chi connectivity index (χ1) is 18.6. The number of pyridine rings is 1. The van der Waals surface area contributed by atoms with Crippen LogP contribution < -0.4 is 16.0 Å². The first-order valence-electron chi connectivity index (χ1n) is 13.8. The summed E-state index contributed by atoms with van der Waals surface area (Å²) in [6, 6.07) is 7.44. The SMILES string of the molecule is CC(F)(F)[C@@H](NC(=O)N1C(=O)[C@H](Cc2ccnc(N)c2)[C@H]1C(=O)N1CCCc2ccccc21)C1CCCCC1. The smallest absolute Gasteiger partial charge is 0.325 e. The number of imide groups is 1. The van der Waals surface area contributed by atoms with E-state index < -0.39 is 41.8 Å². The Balaban J connectivity index is 1.43. The number of fused-ring (bicyclic) bond motifs is 1. The average Bonchev–Trinajstić information content (AvgIpc) is 2.92. The molecule has 3 N–H and O–H groups in total. The van der Waals surface area contributed by atoms with Crippen molar-refractivity contribution >= 4 is 29.4 Å². The van der Waals surface area contributed by atoms with Gasteiger partial charge in [0, 0.05) is 25.4 Å². The third kappa shape index (κ3) is 5.46. The van der Waals surface area contributed by atoms with Crippen LogP contribution in [0.4, 0.5) is 25.1 Å². The van der Waals surface area contributed by atoms with Gasteiger partial charge in [-0.15, -0.1) is 0 Å². The fourth-order valence-corrected chi connectivity index (χ4v) is 6.38. The minimum atomic E-state index is -3.18. The number of β-lactam (4-membered cyclic amide) rings is 1. The molecule has 4 amide bonds. The molecule has 3 aliphatic rings. The lowest BCUT2D eigenvalue weighted by Crippen LogP contribution is -2.72. The summed E-state index contributed by atoms with van der Waals surface area (Å²) in [5.41, 5.74) is 8.29. The highest BCUT2D eigenvalue weighted by molar-refractivity contribution is 6.13. The summed E-state index contributed by atoms with van der Waals surface area (Å²) in [5, 5.41) is 2.47. The van der Waals surface area contributed by atoms with Crippen LogP contribution in [0, 0.1) is 11.8 Å². The second kappa shape index (κ2) is 10.9. The fourth-order valence-electron chi connectivity index (χ4n) is 6.38. The molecular formula is C29H35F2N5O3. The number of carbonyl (C=O) groups is 3. The Kier molecular flexibility index (Phi) is 7.55. The highest BCUT2D eigenvalue weighted by Gasteiger charge is 2.56. The van der Waals surface area contributed by atoms with Gasteiger partial charge in [-0.3, -0.25) is 14.5 Å². The van der Waals surface area contributed by atoms with Crippen LogP contribution in [0.2, 0.25) is 0 Å². The number of rotatable bonds is 6. The van der Waals surface area contributed by atoms with E-state index in [4.69, 9.17) is 5.73 Å². The molecular weight excluding hydrogens is 504 g/mol. The number of urea groups is 1. The molecule has 0 bridgehead atoms. The van der Waals surface area contributed by atoms with Gasteiger partial charge in [-0.25, -0.2) is 18.6 Å². The Hall–Kier alpha value is -3.56. The lowest BCUT2D eigenvalue weighted by molar-refractivity contribution is -0.156. The number of carbonyl (C=O) groups excluding carboxylic acids is 3. The van der Waals surface area contributed by atoms with E-state index in [9.17, 15) is 23.2 Å². The van der Waals surface area contributed by atoms with Crippen molar-refractivity contribution in [2.45, 2.75) is 76.3 Å². The van der Waals surface area contributed by atoms with Crippen LogP contribution in [0.3, 0.4) is 0 Å². The molecule has 3 heterocycles. The molecule has 0 spiro atoms. The molecule has 1 aromatic carbocycles. The minimum Gasteiger partial charge on any atom is -0.384 e. The van der Waals surface area contributed by atoms with E-state index >= 15 is 0 Å². The van der Waals surface area contributed by atoms with Crippen molar-refractivity contribution in [3.8, 4) is 0 Å². The number of hydrogen-bond donors (Lipinski definition) is 2. The monoisotopic (exact) mass is 539 g/mol. The number of para-hydroxylation sites is 1. The molecule has 0 radical (unpaired) electrons. The van der Waals surface area contributed by atoms with Gasteiger partial charge in [0.1, 0.15) is 11.9 Å². The lowest BCUT2D eigenvalue weighted by atomic mass is 9.80. The van der Waals surface area contributed by atoms with Crippen LogP contribution in [0.5, 0.6) is 0 Å². The average molecular weight is 540 g/mol. The van der Waals surface area contributed by atoms with Crippen molar-refractivity contribution in [3.63, 3.8) is 0 Å². The topological polar surface area (TPSA) is 109 Å². The van der Waals surface area contributed by atoms with Crippen molar-refractivity contribution in [3.05, 3.63) is 53.7 Å². The Morgan fingerprint density at radius 2 is 1.90 bits per heavy atom. The van der Waals surface area contributed by atoms with Crippen molar-refractivity contribution in [1.29, 1.82) is 0 Å². The number of halogens is 2. The number of nitrogens with one attached hydrogen (secondary N) is 1. The van der Waals surface area contributed by atoms with Gasteiger partial charge in [0.15, 0.2) is 0 Å². The van der Waals surface area contributed by atoms with Crippen LogP contribution in [-0.4, -0.2) is 52.3 Å². The maximum atomic E-state index is 14.7. The number of amides is 4. The Bertz CT molecular complexity index is 1240. The number of anilines is 2. The zero-order valence-electron chi connectivity index (χ0n) is 22.1. The molecule has 3 atom stereocenters. The standard InChI is InChI=1S/C29H35F2N5O3/c1-29(30,31)25(20-9-3-2-4-10-20)34-28(39)36-24(21(26(36)37)16-18-13-14-33-23(32)17-18)27(38)35-15-7-11-19-8-5-6-12-22(19)35/h5-6,8,12-14,17,20-21,24-25H,2-4,7,9-11,15-16H2,1H3,(H2,32,33)(H,34,39)/t21-,24+,25+/m1/s1. The maximum Gasteiger partial charge on any atom is 0.325 e. The van der Waals surface area contributed by atoms with E-state index in [1.54, 1.807) is 17.0 Å². The molecule has 1 saturated heterocycles. The first kappa shape index (κ1) is 27.0. The van der Waals surface area contributed by atoms with E-state index in [0.717, 1.165) is 55.2 Å². The third-order valence-electron chi connectivity index (χ3n) is 8.31. The number of nitrogen functional groups attached to an aromatic ring is 1. The Morgan fingerprint density at radius 3 is 2.62 bits per heavy atom. The molecule has 2 aromatic rings. The van der Waals surface area contributed by atoms with Crippen LogP contribution in [0.25, 0.3) is 0 Å². The Morgan fingerprint density at radius 1 is 1.15 bits per heavy atom. The number of hydrogen-bond acceptors (Lipinski definition) is 5. The second-order valence-corrected chi connectivity index (χ2v) is 11.1. The molecule has 1 aliphatic carbocycles. The van der Waals surface area contributed by atoms with Gasteiger partial charge in [0.2, 0.25) is 5.91 Å². The van der Waals surface area contributed by atoms with Gasteiger partial charge in [0.05, 0.1) is 12.0 Å². The number of likely N-dealkylation sites (tertiary alicyclic amines) is 1. The summed E-state index contributed by atoms with van der Waals surface area (Å²) < 4.78 is 29.4. The predicted octanol–water partition coefficient (Wildman–Crippen LogP) is 4.33. The molecule has 2 aliphatic heterocycles. The number of nitrogens with two attached hydrogens (primary N) is 1. The summed E-state index contributed by atoms with van der Waals surface area (Å²) in [5.74, 6) is -5.06. The number of benzene rings is 1. The lowest BCUT2D eigenvalue weighted by Gasteiger charge is -2.47. The van der Waals surface area contributed by atoms with Gasteiger partial charge in [0.25, 0.3) is 11.8 Å². The second-order valence-electron chi connectivity index (χ2n) is 11.1. The Labute approximate surface area is 226 Å². The van der Waals surface area contributed by atoms with Gasteiger partial charge >= 0.3 is 6.03 Å². The summed E-state index contributed by atoms with van der Waals surface area (Å²) in [4.78, 5) is 47.4. The normalized spacial score (nSPS) is 22.6. The molecule has 1 saturated carbocycles. The van der Waals surface area contributed by atoms with Gasteiger partial charge < -0.3 is 16.0 Å². The van der Waals surface area contributed by atoms with E-state index in [1.165, 1.54) is 6.20 Å². The van der Waals surface area contributed by atoms with Crippen molar-refractivity contribution in [2.24, 2.45) is 11.8 Å². The van der Waals surface area contributed by atoms with Crippen LogP contribution in [0.1, 0.15) is 56.6 Å². The van der Waals surface area contributed by atoms with Crippen LogP contribution in [-0.2, 0) is 22.4 Å². The molecule has 10 heteroatoms. The molecule has 8 nitrogen and oxygen atoms in total. The largest absolute Gasteiger partial charge is 0.384 e. The molecule has 5 rings (SSSR count). The van der Waals surface area contributed by atoms with E-state index in [1.807, 2.05) is 24.3 Å². The molecule has 39 heavy (non-hydrogen) atoms. The molecule has 0 unspecified atom stereocenters. The van der Waals surface area contributed by atoms with Crippen molar-refractivity contribution < 1.29 is 23.2 Å². The summed E-state index contributed by atoms with van der Waals surface area (Å²) >= 11 is 0. The van der Waals surface area contributed by atoms with E-state index in [0.29, 0.717) is 24.9 Å². The molecule has 208 valence electrons. The van der Waals surface area contributed by atoms with E-state index in [-0.39, 0.29) is 18.1 Å². The number of aryl methyl sites for hydroxylation is 1. The zero-order valence-corrected chi connectivity index (χ0v) is 22.1. The van der Waals surface area contributed by atoms with Crippen molar-refractivity contribution in [2.75, 3.05) is 17.2 Å². The third-order valence-corrected chi connectivity index (χ3v) is 8.31. The predicted molar refractivity (Wildman–Crippen MR) is 143 cm³/mol. The number of aromatic nitrogens is 1. The van der Waals surface area contributed by atoms with Gasteiger partial charge in [-0.1, -0.05) is 37.5 Å². The fraction of sp³-hybridized carbons (Fsp3) is 0.517. The summed E-state index contributed by atoms with van der Waals surface area (Å²) in [7, 11) is 0. The van der Waals surface area contributed by atoms with Gasteiger partial charge in [-0.05, 0) is 67.3 Å². The summed E-state index contributed by atoms with van der Waals surface area (Å²) in [6.07, 6.45) is 7.06. The zero-order chi connectivity index (χ0) is 27.7. The number of alkyl halides is 2. The van der Waals surface area contributed by atoms with E-state index in [2.05, 4.69) is 10.3 Å². The van der Waals surface area contributed by atoms with Crippen LogP contribution >= 0.6 is 0 Å². The summed E-state index contributed by atoms with van der Waals surface area (Å²) in [6.45, 7) is 1.25. The molecule has 2 fully saturated rings. The van der Waals surface area contributed by atoms with Crippen molar-refractivity contribution in [1.82, 2.24) is 15.2 Å². The highest BCUT2D eigenvalue weighted by Crippen LogP contribution is 2.37. The highest BCUT2D eigenvalue weighted by atomic mass is 19.3. The quantitative estimate of drug-likeness (QED) is 0.532. The molecule has 1 aromatic heterocycles. The first-order valence-corrected chi connectivity index (χ1v) is 13.8. The minimum absolute atomic E-state index is 0.178. The maximum absolute atomic E-state index is 14.7. The number of nitrogens with zero attached hydrogens (tertiary/aromatic N) is 3. The van der Waals surface area contributed by atoms with Gasteiger partial charge in [-0.2, -0.15) is 0 Å². The van der Waals surface area contributed by atoms with Crippen LogP contribution in [0.15, 0.2) is 42.6 Å².